The Morgan fingerprint density at radius 3 is 2.46 bits per heavy atom. The lowest BCUT2D eigenvalue weighted by Crippen LogP contribution is -2.41. The standard InChI is InChI=1S/C16H19F2N3O6S/c1-26-15(22)19-8-11-9-21(16(23)27-11)10-6-12(17)14(13(18)7-10)20-2-4-28(24,25)5-3-20/h6-7,11H,2-5,8-9H2,1H3,(H,19,22). The van der Waals surface area contributed by atoms with Gasteiger partial charge in [-0.2, -0.15) is 0 Å². The zero-order valence-electron chi connectivity index (χ0n) is 15.0. The highest BCUT2D eigenvalue weighted by Gasteiger charge is 2.34. The van der Waals surface area contributed by atoms with Crippen molar-refractivity contribution in [3.63, 3.8) is 0 Å². The number of ether oxygens (including phenoxy) is 2. The Kier molecular flexibility index (Phi) is 5.59. The van der Waals surface area contributed by atoms with Crippen LogP contribution in [0, 0.1) is 11.6 Å². The molecule has 0 spiro atoms. The van der Waals surface area contributed by atoms with E-state index in [-0.39, 0.29) is 49.1 Å². The summed E-state index contributed by atoms with van der Waals surface area (Å²) >= 11 is 0. The summed E-state index contributed by atoms with van der Waals surface area (Å²) in [6.07, 6.45) is -2.20. The Morgan fingerprint density at radius 2 is 1.89 bits per heavy atom. The largest absolute Gasteiger partial charge is 0.453 e. The maximum atomic E-state index is 14.6. The number of rotatable bonds is 4. The normalized spacial score (nSPS) is 21.4. The zero-order valence-corrected chi connectivity index (χ0v) is 15.8. The van der Waals surface area contributed by atoms with E-state index >= 15 is 0 Å². The summed E-state index contributed by atoms with van der Waals surface area (Å²) in [7, 11) is -2.00. The topological polar surface area (TPSA) is 105 Å². The van der Waals surface area contributed by atoms with Crippen molar-refractivity contribution in [3.05, 3.63) is 23.8 Å². The number of alkyl carbamates (subject to hydrolysis) is 1. The van der Waals surface area contributed by atoms with Gasteiger partial charge < -0.3 is 19.7 Å². The van der Waals surface area contributed by atoms with E-state index in [2.05, 4.69) is 10.1 Å². The van der Waals surface area contributed by atoms with Gasteiger partial charge in [-0.25, -0.2) is 26.8 Å². The summed E-state index contributed by atoms with van der Waals surface area (Å²) in [5, 5.41) is 2.38. The summed E-state index contributed by atoms with van der Waals surface area (Å²) in [6.45, 7) is -0.0473. The number of nitrogens with zero attached hydrogens (tertiary/aromatic N) is 2. The third-order valence-electron chi connectivity index (χ3n) is 4.51. The molecule has 1 atom stereocenters. The maximum absolute atomic E-state index is 14.6. The molecule has 1 unspecified atom stereocenters. The van der Waals surface area contributed by atoms with Crippen molar-refractivity contribution in [2.24, 2.45) is 0 Å². The summed E-state index contributed by atoms with van der Waals surface area (Å²) < 4.78 is 61.7. The monoisotopic (exact) mass is 419 g/mol. The van der Waals surface area contributed by atoms with E-state index in [9.17, 15) is 26.8 Å². The maximum Gasteiger partial charge on any atom is 0.414 e. The van der Waals surface area contributed by atoms with Gasteiger partial charge in [-0.1, -0.05) is 0 Å². The summed E-state index contributed by atoms with van der Waals surface area (Å²) in [5.41, 5.74) is -0.357. The average Bonchev–Trinajstić information content (AvgIpc) is 3.01. The first-order chi connectivity index (χ1) is 13.2. The first-order valence-corrected chi connectivity index (χ1v) is 10.3. The molecule has 2 heterocycles. The molecule has 0 aliphatic carbocycles. The van der Waals surface area contributed by atoms with Crippen molar-refractivity contribution in [3.8, 4) is 0 Å². The minimum absolute atomic E-state index is 0.0109. The molecule has 3 rings (SSSR count). The molecule has 28 heavy (non-hydrogen) atoms. The van der Waals surface area contributed by atoms with Gasteiger partial charge in [-0.3, -0.25) is 4.90 Å². The van der Waals surface area contributed by atoms with Crippen LogP contribution in [0.4, 0.5) is 29.7 Å². The lowest BCUT2D eigenvalue weighted by Gasteiger charge is -2.29. The van der Waals surface area contributed by atoms with Crippen molar-refractivity contribution in [2.75, 3.05) is 54.6 Å². The Morgan fingerprint density at radius 1 is 1.29 bits per heavy atom. The van der Waals surface area contributed by atoms with Crippen molar-refractivity contribution in [2.45, 2.75) is 6.10 Å². The van der Waals surface area contributed by atoms with E-state index in [0.29, 0.717) is 0 Å². The van der Waals surface area contributed by atoms with Crippen LogP contribution in [0.25, 0.3) is 0 Å². The van der Waals surface area contributed by atoms with Crippen LogP contribution in [0.3, 0.4) is 0 Å². The van der Waals surface area contributed by atoms with Gasteiger partial charge >= 0.3 is 12.2 Å². The Balaban J connectivity index is 1.74. The molecule has 1 N–H and O–H groups in total. The predicted octanol–water partition coefficient (Wildman–Crippen LogP) is 0.881. The number of methoxy groups -OCH3 is 1. The fraction of sp³-hybridized carbons (Fsp3) is 0.500. The van der Waals surface area contributed by atoms with Crippen LogP contribution in [0.2, 0.25) is 0 Å². The van der Waals surface area contributed by atoms with Gasteiger partial charge in [0.15, 0.2) is 21.5 Å². The highest BCUT2D eigenvalue weighted by molar-refractivity contribution is 7.91. The lowest BCUT2D eigenvalue weighted by molar-refractivity contribution is 0.132. The average molecular weight is 419 g/mol. The van der Waals surface area contributed by atoms with Crippen LogP contribution in [0.5, 0.6) is 0 Å². The number of anilines is 2. The van der Waals surface area contributed by atoms with Crippen LogP contribution in [0.1, 0.15) is 0 Å². The van der Waals surface area contributed by atoms with E-state index in [1.54, 1.807) is 0 Å². The van der Waals surface area contributed by atoms with Crippen LogP contribution in [-0.2, 0) is 19.3 Å². The van der Waals surface area contributed by atoms with Crippen molar-refractivity contribution >= 4 is 33.4 Å². The molecule has 1 aromatic rings. The Labute approximate surface area is 160 Å². The number of hydrogen-bond donors (Lipinski definition) is 1. The van der Waals surface area contributed by atoms with Gasteiger partial charge in [0.05, 0.1) is 37.4 Å². The molecule has 2 saturated heterocycles. The number of hydrogen-bond acceptors (Lipinski definition) is 7. The van der Waals surface area contributed by atoms with E-state index in [1.165, 1.54) is 12.0 Å². The van der Waals surface area contributed by atoms with E-state index in [0.717, 1.165) is 17.0 Å². The minimum atomic E-state index is -3.19. The van der Waals surface area contributed by atoms with Crippen LogP contribution >= 0.6 is 0 Å². The van der Waals surface area contributed by atoms with E-state index in [4.69, 9.17) is 4.74 Å². The molecule has 2 fully saturated rings. The fourth-order valence-electron chi connectivity index (χ4n) is 3.05. The molecular formula is C16H19F2N3O6S. The smallest absolute Gasteiger partial charge is 0.414 e. The van der Waals surface area contributed by atoms with Crippen molar-refractivity contribution in [1.82, 2.24) is 5.32 Å². The van der Waals surface area contributed by atoms with Gasteiger partial charge in [0, 0.05) is 25.2 Å². The molecule has 0 saturated carbocycles. The second-order valence-electron chi connectivity index (χ2n) is 6.39. The summed E-state index contributed by atoms with van der Waals surface area (Å²) in [6, 6.07) is 2.00. The molecule has 154 valence electrons. The zero-order chi connectivity index (χ0) is 20.5. The number of carbonyl (C=O) groups is 2. The minimum Gasteiger partial charge on any atom is -0.453 e. The molecule has 0 bridgehead atoms. The number of halogens is 2. The number of sulfone groups is 1. The van der Waals surface area contributed by atoms with E-state index in [1.807, 2.05) is 0 Å². The summed E-state index contributed by atoms with van der Waals surface area (Å²) in [5.74, 6) is -2.17. The Bertz CT molecular complexity index is 857. The first kappa shape index (κ1) is 20.1. The van der Waals surface area contributed by atoms with Crippen LogP contribution < -0.4 is 15.1 Å². The third-order valence-corrected chi connectivity index (χ3v) is 6.12. The SMILES string of the molecule is COC(=O)NCC1CN(c2cc(F)c(N3CCS(=O)(=O)CC3)c(F)c2)C(=O)O1. The molecule has 0 aromatic heterocycles. The fourth-order valence-corrected chi connectivity index (χ4v) is 4.26. The molecule has 0 radical (unpaired) electrons. The predicted molar refractivity (Wildman–Crippen MR) is 95.2 cm³/mol. The number of nitrogens with one attached hydrogen (secondary N) is 1. The number of benzene rings is 1. The number of carbonyl (C=O) groups excluding carboxylic acids is 2. The van der Waals surface area contributed by atoms with Crippen LogP contribution in [0.15, 0.2) is 12.1 Å². The Hall–Kier alpha value is -2.63. The molecule has 2 aliphatic rings. The van der Waals surface area contributed by atoms with Gasteiger partial charge in [0.25, 0.3) is 0 Å². The first-order valence-electron chi connectivity index (χ1n) is 8.44. The van der Waals surface area contributed by atoms with Gasteiger partial charge in [0.2, 0.25) is 0 Å². The highest BCUT2D eigenvalue weighted by Crippen LogP contribution is 2.31. The molecule has 12 heteroatoms. The molecule has 2 aliphatic heterocycles. The quantitative estimate of drug-likeness (QED) is 0.772. The van der Waals surface area contributed by atoms with Crippen LogP contribution in [-0.4, -0.2) is 71.5 Å². The molecular weight excluding hydrogens is 400 g/mol. The summed E-state index contributed by atoms with van der Waals surface area (Å²) in [4.78, 5) is 25.5. The van der Waals surface area contributed by atoms with Crippen molar-refractivity contribution < 1.29 is 36.3 Å². The molecule has 2 amide bonds. The third kappa shape index (κ3) is 4.26. The number of cyclic esters (lactones) is 1. The van der Waals surface area contributed by atoms with Gasteiger partial charge in [0.1, 0.15) is 11.8 Å². The second-order valence-corrected chi connectivity index (χ2v) is 8.69. The second kappa shape index (κ2) is 7.78. The van der Waals surface area contributed by atoms with Gasteiger partial charge in [-0.15, -0.1) is 0 Å². The highest BCUT2D eigenvalue weighted by atomic mass is 32.2. The molecule has 1 aromatic carbocycles. The van der Waals surface area contributed by atoms with Gasteiger partial charge in [-0.05, 0) is 0 Å². The molecule has 9 nitrogen and oxygen atoms in total. The van der Waals surface area contributed by atoms with E-state index < -0.39 is 39.8 Å². The lowest BCUT2D eigenvalue weighted by atomic mass is 10.2. The van der Waals surface area contributed by atoms with Crippen molar-refractivity contribution in [1.29, 1.82) is 0 Å². The number of amides is 2.